The van der Waals surface area contributed by atoms with Crippen LogP contribution in [0.1, 0.15) is 217 Å². The first-order valence-corrected chi connectivity index (χ1v) is 22.4. The predicted molar refractivity (Wildman–Crippen MR) is 211 cm³/mol. The lowest BCUT2D eigenvalue weighted by Crippen LogP contribution is -3.00. The van der Waals surface area contributed by atoms with Crippen LogP contribution in [0.2, 0.25) is 0 Å². The van der Waals surface area contributed by atoms with Crippen LogP contribution < -0.4 is 17.0 Å². The first-order valence-electron chi connectivity index (χ1n) is 22.4. The molecular formula is C46H90BrN. The summed E-state index contributed by atoms with van der Waals surface area (Å²) in [4.78, 5) is 0. The summed E-state index contributed by atoms with van der Waals surface area (Å²) in [5, 5.41) is 0. The maximum absolute atomic E-state index is 2.64. The van der Waals surface area contributed by atoms with E-state index in [-0.39, 0.29) is 17.0 Å². The fourth-order valence-corrected chi connectivity index (χ4v) is 11.9. The molecule has 0 aromatic rings. The summed E-state index contributed by atoms with van der Waals surface area (Å²) in [5.74, 6) is 7.89. The Labute approximate surface area is 315 Å². The van der Waals surface area contributed by atoms with Crippen LogP contribution in [0.5, 0.6) is 0 Å². The maximum atomic E-state index is 2.64. The molecule has 9 unspecified atom stereocenters. The van der Waals surface area contributed by atoms with E-state index in [4.69, 9.17) is 0 Å². The lowest BCUT2D eigenvalue weighted by molar-refractivity contribution is -1.01. The van der Waals surface area contributed by atoms with E-state index in [9.17, 15) is 0 Å². The molecule has 0 heterocycles. The lowest BCUT2D eigenvalue weighted by Gasteiger charge is -2.64. The van der Waals surface area contributed by atoms with Crippen molar-refractivity contribution in [1.82, 2.24) is 0 Å². The molecule has 0 bridgehead atoms. The molecule has 0 N–H and O–H groups in total. The van der Waals surface area contributed by atoms with E-state index in [1.165, 1.54) is 154 Å². The van der Waals surface area contributed by atoms with Gasteiger partial charge in [0, 0.05) is 37.0 Å². The zero-order chi connectivity index (χ0) is 34.4. The van der Waals surface area contributed by atoms with Crippen molar-refractivity contribution in [2.45, 2.75) is 235 Å². The second-order valence-corrected chi connectivity index (χ2v) is 19.5. The van der Waals surface area contributed by atoms with Crippen molar-refractivity contribution in [3.8, 4) is 0 Å². The summed E-state index contributed by atoms with van der Waals surface area (Å²) < 4.78 is 1.56. The summed E-state index contributed by atoms with van der Waals surface area (Å²) in [6.45, 7) is 27.4. The molecule has 0 spiro atoms. The van der Waals surface area contributed by atoms with Gasteiger partial charge in [-0.15, -0.1) is 0 Å². The van der Waals surface area contributed by atoms with Gasteiger partial charge >= 0.3 is 0 Å². The smallest absolute Gasteiger partial charge is 0.0928 e. The van der Waals surface area contributed by atoms with Gasteiger partial charge in [0.05, 0.1) is 24.7 Å². The third kappa shape index (κ3) is 12.8. The van der Waals surface area contributed by atoms with Gasteiger partial charge in [-0.3, -0.25) is 0 Å². The molecule has 3 aliphatic rings. The minimum atomic E-state index is 0. The van der Waals surface area contributed by atoms with E-state index in [0.29, 0.717) is 0 Å². The van der Waals surface area contributed by atoms with Crippen molar-refractivity contribution in [3.63, 3.8) is 0 Å². The monoisotopic (exact) mass is 736 g/mol. The number of rotatable bonds is 21. The first-order chi connectivity index (χ1) is 22.5. The topological polar surface area (TPSA) is 0 Å². The molecule has 0 aromatic carbocycles. The normalized spacial score (nSPS) is 32.8. The van der Waals surface area contributed by atoms with Gasteiger partial charge in [0.2, 0.25) is 0 Å². The van der Waals surface area contributed by atoms with E-state index in [0.717, 1.165) is 71.4 Å². The number of unbranched alkanes of at least 4 members (excludes halogenated alkanes) is 13. The lowest BCUT2D eigenvalue weighted by atomic mass is 9.63. The Kier molecular flexibility index (Phi) is 21.5. The summed E-state index contributed by atoms with van der Waals surface area (Å²) in [6, 6.07) is 2.65. The Morgan fingerprint density at radius 1 is 0.417 bits per heavy atom. The number of nitrogens with zero attached hydrogens (tertiary/aromatic N) is 1. The Balaban J connectivity index is 0.00000800. The van der Waals surface area contributed by atoms with E-state index in [1.807, 2.05) is 0 Å². The third-order valence-electron chi connectivity index (χ3n) is 14.7. The maximum Gasteiger partial charge on any atom is 0.0928 e. The van der Waals surface area contributed by atoms with Gasteiger partial charge in [-0.1, -0.05) is 146 Å². The summed E-state index contributed by atoms with van der Waals surface area (Å²) in [6.07, 6.45) is 34.0. The minimum Gasteiger partial charge on any atom is -1.00 e. The van der Waals surface area contributed by atoms with Gasteiger partial charge in [0.1, 0.15) is 0 Å². The Morgan fingerprint density at radius 2 is 0.688 bits per heavy atom. The highest BCUT2D eigenvalue weighted by molar-refractivity contribution is 4.94. The zero-order valence-corrected chi connectivity index (χ0v) is 36.3. The molecule has 0 radical (unpaired) electrons. The van der Waals surface area contributed by atoms with Crippen LogP contribution in [-0.2, 0) is 0 Å². The van der Waals surface area contributed by atoms with Crippen LogP contribution in [0.25, 0.3) is 0 Å². The molecule has 2 heteroatoms. The molecule has 1 nitrogen and oxygen atoms in total. The zero-order valence-electron chi connectivity index (χ0n) is 34.7. The van der Waals surface area contributed by atoms with Gasteiger partial charge in [-0.25, -0.2) is 0 Å². The van der Waals surface area contributed by atoms with Crippen LogP contribution in [-0.4, -0.2) is 29.2 Å². The van der Waals surface area contributed by atoms with Crippen molar-refractivity contribution in [3.05, 3.63) is 0 Å². The molecule has 3 saturated carbocycles. The summed E-state index contributed by atoms with van der Waals surface area (Å²) >= 11 is 0. The largest absolute Gasteiger partial charge is 1.00 e. The molecule has 0 aliphatic heterocycles. The molecule has 0 aromatic heterocycles. The number of hydrogen-bond acceptors (Lipinski definition) is 0. The molecule has 48 heavy (non-hydrogen) atoms. The van der Waals surface area contributed by atoms with Crippen LogP contribution in [0, 0.1) is 53.3 Å². The van der Waals surface area contributed by atoms with E-state index < -0.39 is 0 Å². The molecule has 0 amide bonds. The molecule has 3 rings (SSSR count). The SMILES string of the molecule is CCCCCCCCCCCCCCCC[N+](C1CC(C)CCC1C(C)C)(C1CC(C)CCC1C(C)C)C1CC(C)CCC1C(C)C.[Br-]. The number of hydrogen-bond donors (Lipinski definition) is 0. The highest BCUT2D eigenvalue weighted by atomic mass is 79.9. The molecule has 0 saturated heterocycles. The van der Waals surface area contributed by atoms with Crippen LogP contribution in [0.3, 0.4) is 0 Å². The van der Waals surface area contributed by atoms with Crippen LogP contribution in [0.4, 0.5) is 0 Å². The fraction of sp³-hybridized carbons (Fsp3) is 1.00. The van der Waals surface area contributed by atoms with Crippen LogP contribution in [0.15, 0.2) is 0 Å². The second kappa shape index (κ2) is 23.2. The highest BCUT2D eigenvalue weighted by Crippen LogP contribution is 2.53. The number of quaternary nitrogens is 1. The molecule has 286 valence electrons. The minimum absolute atomic E-state index is 0. The quantitative estimate of drug-likeness (QED) is 0.0813. The molecule has 3 aliphatic carbocycles. The van der Waals surface area contributed by atoms with Crippen molar-refractivity contribution >= 4 is 0 Å². The van der Waals surface area contributed by atoms with E-state index in [2.05, 4.69) is 69.2 Å². The van der Waals surface area contributed by atoms with Gasteiger partial charge in [-0.05, 0) is 86.9 Å². The predicted octanol–water partition coefficient (Wildman–Crippen LogP) is 11.7. The van der Waals surface area contributed by atoms with E-state index in [1.54, 1.807) is 4.48 Å². The average Bonchev–Trinajstić information content (AvgIpc) is 3.02. The summed E-state index contributed by atoms with van der Waals surface area (Å²) in [7, 11) is 0. The molecular weight excluding hydrogens is 646 g/mol. The summed E-state index contributed by atoms with van der Waals surface area (Å²) in [5.41, 5.74) is 0. The van der Waals surface area contributed by atoms with Crippen LogP contribution >= 0.6 is 0 Å². The Hall–Kier alpha value is 0.440. The molecule has 9 atom stereocenters. The Bertz CT molecular complexity index is 725. The van der Waals surface area contributed by atoms with Crippen molar-refractivity contribution in [2.75, 3.05) is 6.54 Å². The van der Waals surface area contributed by atoms with Gasteiger partial charge < -0.3 is 21.5 Å². The van der Waals surface area contributed by atoms with Crippen molar-refractivity contribution in [2.24, 2.45) is 53.3 Å². The van der Waals surface area contributed by atoms with Crippen molar-refractivity contribution < 1.29 is 21.5 Å². The average molecular weight is 737 g/mol. The third-order valence-corrected chi connectivity index (χ3v) is 14.7. The fourth-order valence-electron chi connectivity index (χ4n) is 11.9. The van der Waals surface area contributed by atoms with Gasteiger partial charge in [0.25, 0.3) is 0 Å². The van der Waals surface area contributed by atoms with E-state index >= 15 is 0 Å². The first kappa shape index (κ1) is 44.6. The molecule has 3 fully saturated rings. The Morgan fingerprint density at radius 3 is 0.958 bits per heavy atom. The number of halogens is 1. The standard InChI is InChI=1S/C46H90N.BrH/c1-11-12-13-14-15-16-17-18-19-20-21-22-23-24-31-47(44-32-38(8)25-28-41(44)35(2)3,45-33-39(9)26-29-42(45)36(4)5)46-34-40(10)27-30-43(46)37(6)7;/h35-46H,11-34H2,1-10H3;1H/q+1;/p-1. The van der Waals surface area contributed by atoms with Crippen molar-refractivity contribution in [1.29, 1.82) is 0 Å². The second-order valence-electron chi connectivity index (χ2n) is 19.5. The van der Waals surface area contributed by atoms with Gasteiger partial charge in [0.15, 0.2) is 0 Å². The highest BCUT2D eigenvalue weighted by Gasteiger charge is 2.59. The van der Waals surface area contributed by atoms with Gasteiger partial charge in [-0.2, -0.15) is 0 Å².